The maximum absolute atomic E-state index is 12.1. The molecule has 0 aliphatic rings. The zero-order chi connectivity index (χ0) is 15.2. The first-order chi connectivity index (χ1) is 10.1. The van der Waals surface area contributed by atoms with E-state index in [0.29, 0.717) is 12.8 Å². The predicted octanol–water partition coefficient (Wildman–Crippen LogP) is 2.32. The van der Waals surface area contributed by atoms with Crippen LogP contribution in [0.5, 0.6) is 0 Å². The van der Waals surface area contributed by atoms with Gasteiger partial charge in [0.2, 0.25) is 5.91 Å². The summed E-state index contributed by atoms with van der Waals surface area (Å²) in [7, 11) is 1.89. The molecule has 2 heterocycles. The van der Waals surface area contributed by atoms with Crippen molar-refractivity contribution in [2.75, 3.05) is 0 Å². The van der Waals surface area contributed by atoms with Gasteiger partial charge in [-0.05, 0) is 37.5 Å². The molecule has 2 aromatic heterocycles. The second kappa shape index (κ2) is 7.02. The number of carbonyl (C=O) groups is 1. The maximum atomic E-state index is 12.1. The third kappa shape index (κ3) is 3.90. The molecule has 1 atom stereocenters. The van der Waals surface area contributed by atoms with E-state index >= 15 is 0 Å². The number of amides is 1. The molecule has 0 saturated heterocycles. The average molecular weight is 286 g/mol. The molecular weight excluding hydrogens is 264 g/mol. The first-order valence-electron chi connectivity index (χ1n) is 7.29. The normalized spacial score (nSPS) is 12.1. The van der Waals surface area contributed by atoms with E-state index in [9.17, 15) is 4.79 Å². The van der Waals surface area contributed by atoms with Gasteiger partial charge >= 0.3 is 0 Å². The Morgan fingerprint density at radius 1 is 1.38 bits per heavy atom. The second-order valence-corrected chi connectivity index (χ2v) is 5.18. The molecule has 21 heavy (non-hydrogen) atoms. The largest absolute Gasteiger partial charge is 0.348 e. The molecule has 1 amide bonds. The van der Waals surface area contributed by atoms with Crippen molar-refractivity contribution in [1.29, 1.82) is 0 Å². The summed E-state index contributed by atoms with van der Waals surface area (Å²) in [6.45, 7) is 4.08. The van der Waals surface area contributed by atoms with Crippen molar-refractivity contribution >= 4 is 5.91 Å². The van der Waals surface area contributed by atoms with Gasteiger partial charge in [-0.3, -0.25) is 14.5 Å². The Morgan fingerprint density at radius 3 is 2.81 bits per heavy atom. The van der Waals surface area contributed by atoms with Crippen LogP contribution in [-0.4, -0.2) is 20.7 Å². The summed E-state index contributed by atoms with van der Waals surface area (Å²) in [5, 5.41) is 7.18. The van der Waals surface area contributed by atoms with Crippen LogP contribution in [0.3, 0.4) is 0 Å². The summed E-state index contributed by atoms with van der Waals surface area (Å²) in [6.07, 6.45) is 5.50. The molecule has 2 aromatic rings. The van der Waals surface area contributed by atoms with Crippen molar-refractivity contribution in [1.82, 2.24) is 20.1 Å². The Labute approximate surface area is 125 Å². The fourth-order valence-electron chi connectivity index (χ4n) is 2.38. The smallest absolute Gasteiger partial charge is 0.220 e. The molecule has 2 rings (SSSR count). The van der Waals surface area contributed by atoms with E-state index in [2.05, 4.69) is 22.3 Å². The van der Waals surface area contributed by atoms with E-state index in [4.69, 9.17) is 0 Å². The van der Waals surface area contributed by atoms with Crippen LogP contribution in [0.25, 0.3) is 0 Å². The second-order valence-electron chi connectivity index (χ2n) is 5.18. The van der Waals surface area contributed by atoms with Crippen LogP contribution in [0.2, 0.25) is 0 Å². The van der Waals surface area contributed by atoms with Crippen LogP contribution < -0.4 is 5.32 Å². The van der Waals surface area contributed by atoms with Crippen LogP contribution in [0.15, 0.2) is 30.6 Å². The van der Waals surface area contributed by atoms with Crippen molar-refractivity contribution in [3.8, 4) is 0 Å². The van der Waals surface area contributed by atoms with Crippen molar-refractivity contribution in [2.45, 2.75) is 39.2 Å². The van der Waals surface area contributed by atoms with Crippen LogP contribution >= 0.6 is 0 Å². The standard InChI is InChI=1S/C16H22N4O/c1-4-14(16-12(2)6-5-10-17-16)19-15(21)8-7-13-9-11-18-20(13)3/h5-6,9-11,14H,4,7-8H2,1-3H3,(H,19,21). The van der Waals surface area contributed by atoms with Crippen molar-refractivity contribution in [3.05, 3.63) is 47.5 Å². The summed E-state index contributed by atoms with van der Waals surface area (Å²) in [6, 6.07) is 5.85. The molecule has 0 bridgehead atoms. The fraction of sp³-hybridized carbons (Fsp3) is 0.438. The Balaban J connectivity index is 1.94. The highest BCUT2D eigenvalue weighted by molar-refractivity contribution is 5.76. The maximum Gasteiger partial charge on any atom is 0.220 e. The van der Waals surface area contributed by atoms with Crippen molar-refractivity contribution < 1.29 is 4.79 Å². The fourth-order valence-corrected chi connectivity index (χ4v) is 2.38. The number of pyridine rings is 1. The van der Waals surface area contributed by atoms with Crippen molar-refractivity contribution in [3.63, 3.8) is 0 Å². The van der Waals surface area contributed by atoms with Crippen molar-refractivity contribution in [2.24, 2.45) is 7.05 Å². The van der Waals surface area contributed by atoms with Crippen LogP contribution in [0.1, 0.15) is 42.8 Å². The molecule has 5 heteroatoms. The highest BCUT2D eigenvalue weighted by Crippen LogP contribution is 2.17. The molecule has 5 nitrogen and oxygen atoms in total. The number of hydrogen-bond acceptors (Lipinski definition) is 3. The monoisotopic (exact) mass is 286 g/mol. The number of rotatable bonds is 6. The summed E-state index contributed by atoms with van der Waals surface area (Å²) in [5.74, 6) is 0.0492. The third-order valence-electron chi connectivity index (χ3n) is 3.65. The van der Waals surface area contributed by atoms with E-state index in [0.717, 1.165) is 23.4 Å². The Bertz CT molecular complexity index is 606. The van der Waals surface area contributed by atoms with E-state index in [1.54, 1.807) is 17.1 Å². The van der Waals surface area contributed by atoms with Gasteiger partial charge in [0.05, 0.1) is 11.7 Å². The van der Waals surface area contributed by atoms with Crippen LogP contribution in [0, 0.1) is 6.92 Å². The van der Waals surface area contributed by atoms with Gasteiger partial charge < -0.3 is 5.32 Å². The quantitative estimate of drug-likeness (QED) is 0.886. The SMILES string of the molecule is CCC(NC(=O)CCc1ccnn1C)c1ncccc1C. The molecule has 112 valence electrons. The molecular formula is C16H22N4O. The molecule has 1 unspecified atom stereocenters. The minimum absolute atomic E-state index is 0.0229. The minimum atomic E-state index is -0.0229. The lowest BCUT2D eigenvalue weighted by atomic mass is 10.1. The molecule has 0 aliphatic heterocycles. The van der Waals surface area contributed by atoms with Gasteiger partial charge in [0.15, 0.2) is 0 Å². The molecule has 0 aromatic carbocycles. The lowest BCUT2D eigenvalue weighted by molar-refractivity contribution is -0.121. The van der Waals surface area contributed by atoms with Gasteiger partial charge in [0.25, 0.3) is 0 Å². The van der Waals surface area contributed by atoms with Gasteiger partial charge in [-0.2, -0.15) is 5.10 Å². The number of aryl methyl sites for hydroxylation is 3. The number of nitrogens with zero attached hydrogens (tertiary/aromatic N) is 3. The topological polar surface area (TPSA) is 59.8 Å². The molecule has 0 fully saturated rings. The molecule has 1 N–H and O–H groups in total. The average Bonchev–Trinajstić information content (AvgIpc) is 2.89. The van der Waals surface area contributed by atoms with Gasteiger partial charge in [-0.25, -0.2) is 0 Å². The lowest BCUT2D eigenvalue weighted by Gasteiger charge is -2.18. The molecule has 0 spiro atoms. The number of hydrogen-bond donors (Lipinski definition) is 1. The number of aromatic nitrogens is 3. The Hall–Kier alpha value is -2.17. The zero-order valence-corrected chi connectivity index (χ0v) is 12.8. The third-order valence-corrected chi connectivity index (χ3v) is 3.65. The Morgan fingerprint density at radius 2 is 2.19 bits per heavy atom. The summed E-state index contributed by atoms with van der Waals surface area (Å²) in [4.78, 5) is 16.5. The first kappa shape index (κ1) is 15.2. The lowest BCUT2D eigenvalue weighted by Crippen LogP contribution is -2.29. The highest BCUT2D eigenvalue weighted by Gasteiger charge is 2.16. The van der Waals surface area contributed by atoms with Crippen LogP contribution in [0.4, 0.5) is 0 Å². The van der Waals surface area contributed by atoms with Gasteiger partial charge in [-0.15, -0.1) is 0 Å². The zero-order valence-electron chi connectivity index (χ0n) is 12.8. The van der Waals surface area contributed by atoms with Gasteiger partial charge in [0.1, 0.15) is 0 Å². The minimum Gasteiger partial charge on any atom is -0.348 e. The number of nitrogens with one attached hydrogen (secondary N) is 1. The highest BCUT2D eigenvalue weighted by atomic mass is 16.1. The number of carbonyl (C=O) groups excluding carboxylic acids is 1. The van der Waals surface area contributed by atoms with Gasteiger partial charge in [-0.1, -0.05) is 13.0 Å². The van der Waals surface area contributed by atoms with E-state index in [1.807, 2.05) is 32.2 Å². The van der Waals surface area contributed by atoms with Crippen LogP contribution in [-0.2, 0) is 18.3 Å². The summed E-state index contributed by atoms with van der Waals surface area (Å²) >= 11 is 0. The molecule has 0 saturated carbocycles. The summed E-state index contributed by atoms with van der Waals surface area (Å²) < 4.78 is 1.80. The molecule has 0 aliphatic carbocycles. The van der Waals surface area contributed by atoms with Gasteiger partial charge in [0, 0.05) is 31.6 Å². The summed E-state index contributed by atoms with van der Waals surface area (Å²) in [5.41, 5.74) is 3.12. The van der Waals surface area contributed by atoms with E-state index in [1.165, 1.54) is 0 Å². The van der Waals surface area contributed by atoms with E-state index < -0.39 is 0 Å². The first-order valence-corrected chi connectivity index (χ1v) is 7.29. The molecule has 0 radical (unpaired) electrons. The predicted molar refractivity (Wildman–Crippen MR) is 81.7 cm³/mol. The Kier molecular flexibility index (Phi) is 5.09. The van der Waals surface area contributed by atoms with E-state index in [-0.39, 0.29) is 11.9 Å².